The maximum atomic E-state index is 5.72. The lowest BCUT2D eigenvalue weighted by Gasteiger charge is -2.21. The van der Waals surface area contributed by atoms with Gasteiger partial charge in [0.25, 0.3) is 0 Å². The Labute approximate surface area is 118 Å². The van der Waals surface area contributed by atoms with E-state index in [2.05, 4.69) is 60.2 Å². The lowest BCUT2D eigenvalue weighted by molar-refractivity contribution is 0.216. The minimum Gasteiger partial charge on any atom is -0.496 e. The molecule has 0 spiro atoms. The molecule has 1 aliphatic heterocycles. The molecule has 0 radical (unpaired) electrons. The molecule has 3 heteroatoms. The first kappa shape index (κ1) is 13.6. The molecule has 1 aromatic carbocycles. The number of likely N-dealkylation sites (N-methyl/N-ethyl adjacent to an activating group) is 1. The Morgan fingerprint density at radius 1 is 1.33 bits per heavy atom. The molecule has 0 bridgehead atoms. The lowest BCUT2D eigenvalue weighted by atomic mass is 9.99. The van der Waals surface area contributed by atoms with Gasteiger partial charge in [-0.15, -0.1) is 0 Å². The summed E-state index contributed by atoms with van der Waals surface area (Å²) in [6.45, 7) is 8.13. The summed E-state index contributed by atoms with van der Waals surface area (Å²) >= 11 is 3.62. The van der Waals surface area contributed by atoms with Gasteiger partial charge in [-0.25, -0.2) is 0 Å². The van der Waals surface area contributed by atoms with Gasteiger partial charge in [0.1, 0.15) is 5.76 Å². The van der Waals surface area contributed by atoms with Crippen molar-refractivity contribution >= 4 is 15.9 Å². The van der Waals surface area contributed by atoms with Crippen LogP contribution in [0.5, 0.6) is 0 Å². The largest absolute Gasteiger partial charge is 0.496 e. The Morgan fingerprint density at radius 3 is 2.50 bits per heavy atom. The third kappa shape index (κ3) is 2.78. The number of benzene rings is 1. The number of rotatable bonds is 4. The second kappa shape index (κ2) is 5.89. The SMILES string of the molecule is CCNC(C1=CCCO1)c1cc(C)c(Br)c(C)c1. The zero-order chi connectivity index (χ0) is 13.1. The molecule has 1 unspecified atom stereocenters. The van der Waals surface area contributed by atoms with Gasteiger partial charge in [0.05, 0.1) is 12.6 Å². The molecule has 1 atom stereocenters. The quantitative estimate of drug-likeness (QED) is 0.907. The van der Waals surface area contributed by atoms with Crippen LogP contribution in [0.2, 0.25) is 0 Å². The van der Waals surface area contributed by atoms with Crippen molar-refractivity contribution in [3.63, 3.8) is 0 Å². The maximum absolute atomic E-state index is 5.72. The molecular formula is C15H20BrNO. The van der Waals surface area contributed by atoms with Crippen LogP contribution < -0.4 is 5.32 Å². The second-order valence-electron chi connectivity index (χ2n) is 4.70. The summed E-state index contributed by atoms with van der Waals surface area (Å²) in [6, 6.07) is 4.64. The summed E-state index contributed by atoms with van der Waals surface area (Å²) in [5.41, 5.74) is 3.82. The van der Waals surface area contributed by atoms with Crippen molar-refractivity contribution < 1.29 is 4.74 Å². The molecule has 1 aromatic rings. The summed E-state index contributed by atoms with van der Waals surface area (Å²) in [5, 5.41) is 3.51. The topological polar surface area (TPSA) is 21.3 Å². The average molecular weight is 310 g/mol. The van der Waals surface area contributed by atoms with Gasteiger partial charge in [-0.1, -0.05) is 35.0 Å². The molecule has 98 valence electrons. The van der Waals surface area contributed by atoms with E-state index in [0.717, 1.165) is 25.3 Å². The Hall–Kier alpha value is -0.800. The fourth-order valence-corrected chi connectivity index (χ4v) is 2.60. The Balaban J connectivity index is 2.36. The highest BCUT2D eigenvalue weighted by molar-refractivity contribution is 9.10. The molecule has 0 amide bonds. The number of nitrogens with one attached hydrogen (secondary N) is 1. The van der Waals surface area contributed by atoms with Crippen molar-refractivity contribution in [3.05, 3.63) is 45.1 Å². The van der Waals surface area contributed by atoms with E-state index in [0.29, 0.717) is 0 Å². The first-order chi connectivity index (χ1) is 8.63. The summed E-state index contributed by atoms with van der Waals surface area (Å²) in [6.07, 6.45) is 3.21. The van der Waals surface area contributed by atoms with Crippen molar-refractivity contribution in [2.75, 3.05) is 13.2 Å². The van der Waals surface area contributed by atoms with Crippen LogP contribution in [0.1, 0.15) is 36.1 Å². The van der Waals surface area contributed by atoms with Crippen LogP contribution in [-0.4, -0.2) is 13.2 Å². The second-order valence-corrected chi connectivity index (χ2v) is 5.50. The first-order valence-electron chi connectivity index (χ1n) is 6.46. The highest BCUT2D eigenvalue weighted by Gasteiger charge is 2.20. The molecule has 0 aliphatic carbocycles. The van der Waals surface area contributed by atoms with Gasteiger partial charge in [-0.2, -0.15) is 0 Å². The van der Waals surface area contributed by atoms with Gasteiger partial charge in [0.2, 0.25) is 0 Å². The van der Waals surface area contributed by atoms with E-state index in [1.165, 1.54) is 21.2 Å². The molecule has 18 heavy (non-hydrogen) atoms. The molecular weight excluding hydrogens is 290 g/mol. The molecule has 1 aliphatic rings. The van der Waals surface area contributed by atoms with Crippen LogP contribution in [0, 0.1) is 13.8 Å². The zero-order valence-electron chi connectivity index (χ0n) is 11.2. The number of hydrogen-bond donors (Lipinski definition) is 1. The standard InChI is InChI=1S/C15H20BrNO/c1-4-17-15(13-6-5-7-18-13)12-8-10(2)14(16)11(3)9-12/h6,8-9,15,17H,4-5,7H2,1-3H3. The summed E-state index contributed by atoms with van der Waals surface area (Å²) in [4.78, 5) is 0. The maximum Gasteiger partial charge on any atom is 0.114 e. The van der Waals surface area contributed by atoms with E-state index in [1.807, 2.05) is 0 Å². The van der Waals surface area contributed by atoms with Gasteiger partial charge in [-0.3, -0.25) is 0 Å². The van der Waals surface area contributed by atoms with Crippen LogP contribution in [-0.2, 0) is 4.74 Å². The van der Waals surface area contributed by atoms with Crippen molar-refractivity contribution in [2.45, 2.75) is 33.2 Å². The molecule has 1 N–H and O–H groups in total. The van der Waals surface area contributed by atoms with Gasteiger partial charge in [0.15, 0.2) is 0 Å². The summed E-state index contributed by atoms with van der Waals surface area (Å²) < 4.78 is 6.92. The Bertz CT molecular complexity index is 445. The van der Waals surface area contributed by atoms with Crippen molar-refractivity contribution in [1.29, 1.82) is 0 Å². The highest BCUT2D eigenvalue weighted by atomic mass is 79.9. The van der Waals surface area contributed by atoms with Crippen LogP contribution >= 0.6 is 15.9 Å². The normalized spacial score (nSPS) is 16.3. The smallest absolute Gasteiger partial charge is 0.114 e. The molecule has 2 nitrogen and oxygen atoms in total. The number of ether oxygens (including phenoxy) is 1. The Kier molecular flexibility index (Phi) is 4.46. The molecule has 0 saturated carbocycles. The minimum absolute atomic E-state index is 0.183. The fraction of sp³-hybridized carbons (Fsp3) is 0.467. The van der Waals surface area contributed by atoms with Gasteiger partial charge < -0.3 is 10.1 Å². The van der Waals surface area contributed by atoms with Crippen molar-refractivity contribution in [1.82, 2.24) is 5.32 Å². The van der Waals surface area contributed by atoms with E-state index < -0.39 is 0 Å². The monoisotopic (exact) mass is 309 g/mol. The Morgan fingerprint density at radius 2 is 2.00 bits per heavy atom. The first-order valence-corrected chi connectivity index (χ1v) is 7.25. The van der Waals surface area contributed by atoms with Gasteiger partial charge in [0, 0.05) is 10.9 Å². The molecule has 0 aromatic heterocycles. The third-order valence-electron chi connectivity index (χ3n) is 3.22. The van der Waals surface area contributed by atoms with E-state index in [1.54, 1.807) is 0 Å². The van der Waals surface area contributed by atoms with Crippen molar-refractivity contribution in [2.24, 2.45) is 0 Å². The van der Waals surface area contributed by atoms with Gasteiger partial charge in [-0.05, 0) is 43.2 Å². The predicted octanol–water partition coefficient (Wildman–Crippen LogP) is 4.02. The van der Waals surface area contributed by atoms with E-state index >= 15 is 0 Å². The van der Waals surface area contributed by atoms with E-state index in [4.69, 9.17) is 4.74 Å². The van der Waals surface area contributed by atoms with Gasteiger partial charge >= 0.3 is 0 Å². The molecule has 2 rings (SSSR count). The van der Waals surface area contributed by atoms with Crippen LogP contribution in [0.25, 0.3) is 0 Å². The number of hydrogen-bond acceptors (Lipinski definition) is 2. The van der Waals surface area contributed by atoms with E-state index in [9.17, 15) is 0 Å². The highest BCUT2D eigenvalue weighted by Crippen LogP contribution is 2.31. The van der Waals surface area contributed by atoms with Crippen LogP contribution in [0.4, 0.5) is 0 Å². The number of aryl methyl sites for hydroxylation is 2. The van der Waals surface area contributed by atoms with Crippen LogP contribution in [0.15, 0.2) is 28.4 Å². The lowest BCUT2D eigenvalue weighted by Crippen LogP contribution is -2.23. The summed E-state index contributed by atoms with van der Waals surface area (Å²) in [7, 11) is 0. The summed E-state index contributed by atoms with van der Waals surface area (Å²) in [5.74, 6) is 1.07. The fourth-order valence-electron chi connectivity index (χ4n) is 2.37. The molecule has 0 saturated heterocycles. The number of halogens is 1. The van der Waals surface area contributed by atoms with Crippen molar-refractivity contribution in [3.8, 4) is 0 Å². The zero-order valence-corrected chi connectivity index (χ0v) is 12.8. The average Bonchev–Trinajstić information content (AvgIpc) is 2.86. The molecule has 1 heterocycles. The third-order valence-corrected chi connectivity index (χ3v) is 4.47. The molecule has 0 fully saturated rings. The van der Waals surface area contributed by atoms with E-state index in [-0.39, 0.29) is 6.04 Å². The van der Waals surface area contributed by atoms with Crippen LogP contribution in [0.3, 0.4) is 0 Å². The minimum atomic E-state index is 0.183. The predicted molar refractivity (Wildman–Crippen MR) is 78.7 cm³/mol.